The molecule has 0 aromatic heterocycles. The summed E-state index contributed by atoms with van der Waals surface area (Å²) in [6.07, 6.45) is 0. The van der Waals surface area contributed by atoms with Gasteiger partial charge in [0.2, 0.25) is 0 Å². The van der Waals surface area contributed by atoms with Gasteiger partial charge in [0.05, 0.1) is 18.2 Å². The van der Waals surface area contributed by atoms with Gasteiger partial charge in [-0.25, -0.2) is 4.79 Å². The molecule has 0 saturated carbocycles. The molecule has 0 unspecified atom stereocenters. The van der Waals surface area contributed by atoms with Crippen LogP contribution < -0.4 is 20.7 Å². The first-order valence-corrected chi connectivity index (χ1v) is 9.64. The highest BCUT2D eigenvalue weighted by atomic mass is 127. The Morgan fingerprint density at radius 2 is 1.96 bits per heavy atom. The Kier molecular flexibility index (Phi) is 6.00. The maximum Gasteiger partial charge on any atom is 0.319 e. The highest BCUT2D eigenvalue weighted by Gasteiger charge is 2.33. The highest BCUT2D eigenvalue weighted by molar-refractivity contribution is 14.1. The van der Waals surface area contributed by atoms with E-state index in [9.17, 15) is 9.59 Å². The maximum atomic E-state index is 13.0. The van der Waals surface area contributed by atoms with Gasteiger partial charge >= 0.3 is 6.03 Å². The number of anilines is 1. The Labute approximate surface area is 171 Å². The number of hydrogen-bond donors (Lipinski definition) is 3. The van der Waals surface area contributed by atoms with Gasteiger partial charge in [-0.2, -0.15) is 0 Å². The molecule has 1 aliphatic heterocycles. The third-order valence-electron chi connectivity index (χ3n) is 4.13. The Hall–Kier alpha value is -2.55. The molecule has 3 N–H and O–H groups in total. The van der Waals surface area contributed by atoms with E-state index in [2.05, 4.69) is 38.5 Å². The van der Waals surface area contributed by atoms with Crippen molar-refractivity contribution in [1.82, 2.24) is 10.6 Å². The summed E-state index contributed by atoms with van der Waals surface area (Å²) >= 11 is 2.20. The van der Waals surface area contributed by atoms with Crippen LogP contribution >= 0.6 is 22.6 Å². The minimum absolute atomic E-state index is 0.280. The molecule has 1 heterocycles. The van der Waals surface area contributed by atoms with Crippen LogP contribution in [0.5, 0.6) is 5.75 Å². The predicted octanol–water partition coefficient (Wildman–Crippen LogP) is 3.96. The van der Waals surface area contributed by atoms with Crippen LogP contribution in [0.15, 0.2) is 59.8 Å². The highest BCUT2D eigenvalue weighted by Crippen LogP contribution is 2.34. The van der Waals surface area contributed by atoms with Crippen molar-refractivity contribution in [2.75, 3.05) is 11.9 Å². The van der Waals surface area contributed by atoms with Gasteiger partial charge < -0.3 is 20.7 Å². The summed E-state index contributed by atoms with van der Waals surface area (Å²) in [7, 11) is 0. The average molecular weight is 477 g/mol. The summed E-state index contributed by atoms with van der Waals surface area (Å²) in [4.78, 5) is 25.1. The number of halogens is 1. The van der Waals surface area contributed by atoms with Crippen molar-refractivity contribution in [3.05, 3.63) is 68.9 Å². The lowest BCUT2D eigenvalue weighted by molar-refractivity contribution is -0.113. The Balaban J connectivity index is 2.02. The van der Waals surface area contributed by atoms with Crippen molar-refractivity contribution in [3.8, 4) is 5.75 Å². The second-order valence-electron chi connectivity index (χ2n) is 6.01. The number of para-hydroxylation sites is 1. The largest absolute Gasteiger partial charge is 0.494 e. The number of carbonyl (C=O) groups is 2. The zero-order chi connectivity index (χ0) is 19.4. The molecule has 140 valence electrons. The standard InChI is InChI=1S/C20H20IN3O3/c1-3-27-16-10-9-13(21)11-15(16)18-17(12(2)22-20(26)24-18)19(25)23-14-7-5-4-6-8-14/h4-11,18H,3H2,1-2H3,(H,23,25)(H2,22,24,26)/t18-/m0/s1. The first-order valence-electron chi connectivity index (χ1n) is 8.56. The average Bonchev–Trinajstić information content (AvgIpc) is 2.63. The normalized spacial score (nSPS) is 16.4. The topological polar surface area (TPSA) is 79.5 Å². The van der Waals surface area contributed by atoms with Gasteiger partial charge in [0.25, 0.3) is 5.91 Å². The fourth-order valence-corrected chi connectivity index (χ4v) is 3.50. The van der Waals surface area contributed by atoms with Gasteiger partial charge in [0.1, 0.15) is 5.75 Å². The second-order valence-corrected chi connectivity index (χ2v) is 7.25. The van der Waals surface area contributed by atoms with E-state index in [1.54, 1.807) is 6.92 Å². The molecule has 3 amide bonds. The molecule has 2 aromatic carbocycles. The smallest absolute Gasteiger partial charge is 0.319 e. The van der Waals surface area contributed by atoms with Crippen LogP contribution in [-0.4, -0.2) is 18.5 Å². The van der Waals surface area contributed by atoms with E-state index in [0.29, 0.717) is 29.3 Å². The zero-order valence-electron chi connectivity index (χ0n) is 15.0. The molecule has 1 atom stereocenters. The lowest BCUT2D eigenvalue weighted by atomic mass is 9.94. The molecule has 0 radical (unpaired) electrons. The van der Waals surface area contributed by atoms with E-state index in [0.717, 1.165) is 9.13 Å². The Bertz CT molecular complexity index is 897. The first kappa shape index (κ1) is 19.2. The van der Waals surface area contributed by atoms with Crippen LogP contribution in [0.1, 0.15) is 25.5 Å². The molecule has 3 rings (SSSR count). The van der Waals surface area contributed by atoms with E-state index in [4.69, 9.17) is 4.74 Å². The zero-order valence-corrected chi connectivity index (χ0v) is 17.2. The van der Waals surface area contributed by atoms with Crippen LogP contribution in [0.3, 0.4) is 0 Å². The number of allylic oxidation sites excluding steroid dienone is 1. The van der Waals surface area contributed by atoms with Gasteiger partial charge in [-0.3, -0.25) is 4.79 Å². The summed E-state index contributed by atoms with van der Waals surface area (Å²) in [6, 6.07) is 14.0. The molecule has 6 nitrogen and oxygen atoms in total. The van der Waals surface area contributed by atoms with E-state index >= 15 is 0 Å². The third-order valence-corrected chi connectivity index (χ3v) is 4.80. The Morgan fingerprint density at radius 3 is 2.67 bits per heavy atom. The van der Waals surface area contributed by atoms with Crippen LogP contribution in [-0.2, 0) is 4.79 Å². The van der Waals surface area contributed by atoms with Crippen LogP contribution in [0, 0.1) is 3.57 Å². The van der Waals surface area contributed by atoms with Crippen molar-refractivity contribution in [3.63, 3.8) is 0 Å². The third kappa shape index (κ3) is 4.41. The number of rotatable bonds is 5. The number of urea groups is 1. The van der Waals surface area contributed by atoms with Gasteiger partial charge in [0.15, 0.2) is 0 Å². The van der Waals surface area contributed by atoms with Crippen LogP contribution in [0.4, 0.5) is 10.5 Å². The molecule has 2 aromatic rings. The lowest BCUT2D eigenvalue weighted by Gasteiger charge is -2.29. The van der Waals surface area contributed by atoms with Crippen molar-refractivity contribution in [2.45, 2.75) is 19.9 Å². The molecule has 0 saturated heterocycles. The van der Waals surface area contributed by atoms with E-state index < -0.39 is 6.04 Å². The molecule has 0 spiro atoms. The van der Waals surface area contributed by atoms with E-state index in [1.165, 1.54) is 0 Å². The summed E-state index contributed by atoms with van der Waals surface area (Å²) in [5.41, 5.74) is 2.39. The summed E-state index contributed by atoms with van der Waals surface area (Å²) < 4.78 is 6.72. The molecule has 1 aliphatic rings. The summed E-state index contributed by atoms with van der Waals surface area (Å²) in [5, 5.41) is 8.43. The van der Waals surface area contributed by atoms with Gasteiger partial charge in [-0.1, -0.05) is 18.2 Å². The second kappa shape index (κ2) is 8.43. The minimum atomic E-state index is -0.612. The number of nitrogens with one attached hydrogen (secondary N) is 3. The van der Waals surface area contributed by atoms with Crippen molar-refractivity contribution >= 4 is 40.2 Å². The number of ether oxygens (including phenoxy) is 1. The maximum absolute atomic E-state index is 13.0. The molecule has 27 heavy (non-hydrogen) atoms. The van der Waals surface area contributed by atoms with E-state index in [1.807, 2.05) is 55.5 Å². The van der Waals surface area contributed by atoms with Gasteiger partial charge in [0, 0.05) is 20.5 Å². The van der Waals surface area contributed by atoms with Crippen LogP contribution in [0.2, 0.25) is 0 Å². The molecular weight excluding hydrogens is 457 g/mol. The molecule has 0 bridgehead atoms. The Morgan fingerprint density at radius 1 is 1.22 bits per heavy atom. The molecule has 0 fully saturated rings. The predicted molar refractivity (Wildman–Crippen MR) is 113 cm³/mol. The van der Waals surface area contributed by atoms with Gasteiger partial charge in [-0.15, -0.1) is 0 Å². The number of amides is 3. The van der Waals surface area contributed by atoms with Crippen molar-refractivity contribution < 1.29 is 14.3 Å². The molecule has 0 aliphatic carbocycles. The first-order chi connectivity index (χ1) is 13.0. The monoisotopic (exact) mass is 477 g/mol. The van der Waals surface area contributed by atoms with E-state index in [-0.39, 0.29) is 11.9 Å². The lowest BCUT2D eigenvalue weighted by Crippen LogP contribution is -2.46. The van der Waals surface area contributed by atoms with Crippen LogP contribution in [0.25, 0.3) is 0 Å². The fourth-order valence-electron chi connectivity index (χ4n) is 2.98. The number of carbonyl (C=O) groups excluding carboxylic acids is 2. The quantitative estimate of drug-likeness (QED) is 0.571. The molecule has 7 heteroatoms. The summed E-state index contributed by atoms with van der Waals surface area (Å²) in [6.45, 7) is 4.10. The SMILES string of the molecule is CCOc1ccc(I)cc1[C@@H]1NC(=O)NC(C)=C1C(=O)Nc1ccccc1. The molecular formula is C20H20IN3O3. The van der Waals surface area contributed by atoms with Crippen molar-refractivity contribution in [1.29, 1.82) is 0 Å². The minimum Gasteiger partial charge on any atom is -0.494 e. The van der Waals surface area contributed by atoms with Gasteiger partial charge in [-0.05, 0) is 66.8 Å². The fraction of sp³-hybridized carbons (Fsp3) is 0.200. The summed E-state index contributed by atoms with van der Waals surface area (Å²) in [5.74, 6) is 0.362. The number of hydrogen-bond acceptors (Lipinski definition) is 3. The number of benzene rings is 2. The van der Waals surface area contributed by atoms with Crippen molar-refractivity contribution in [2.24, 2.45) is 0 Å².